The van der Waals surface area contributed by atoms with Crippen LogP contribution in [0.3, 0.4) is 0 Å². The van der Waals surface area contributed by atoms with Gasteiger partial charge in [0, 0.05) is 22.5 Å². The largest absolute Gasteiger partial charge is 0.496 e. The van der Waals surface area contributed by atoms with E-state index < -0.39 is 0 Å². The smallest absolute Gasteiger partial charge is 0.269 e. The van der Waals surface area contributed by atoms with E-state index in [-0.39, 0.29) is 5.91 Å². The molecule has 1 aromatic carbocycles. The van der Waals surface area contributed by atoms with Crippen molar-refractivity contribution in [3.63, 3.8) is 0 Å². The standard InChI is InChI=1S/C18H16N4O2S2/c1-11-20-12(9-25-11)7-19-17(23)15-10-26-18-21-14(8-22(15)18)13-5-3-4-6-16(13)24-2/h3-6,8-10H,7H2,1-2H3,(H,19,23). The number of rotatable bonds is 5. The van der Waals surface area contributed by atoms with Crippen LogP contribution in [-0.4, -0.2) is 27.4 Å². The molecule has 8 heteroatoms. The van der Waals surface area contributed by atoms with Gasteiger partial charge in [0.1, 0.15) is 11.4 Å². The molecule has 0 aliphatic rings. The summed E-state index contributed by atoms with van der Waals surface area (Å²) in [5.41, 5.74) is 3.10. The fourth-order valence-corrected chi connectivity index (χ4v) is 4.15. The number of carbonyl (C=O) groups is 1. The predicted octanol–water partition coefficient (Wildman–Crippen LogP) is 3.77. The summed E-state index contributed by atoms with van der Waals surface area (Å²) >= 11 is 3.01. The number of aromatic nitrogens is 3. The summed E-state index contributed by atoms with van der Waals surface area (Å²) in [7, 11) is 1.64. The van der Waals surface area contributed by atoms with E-state index in [4.69, 9.17) is 4.74 Å². The Labute approximate surface area is 158 Å². The molecule has 1 amide bonds. The second-order valence-electron chi connectivity index (χ2n) is 5.64. The van der Waals surface area contributed by atoms with Crippen molar-refractivity contribution in [1.29, 1.82) is 0 Å². The van der Waals surface area contributed by atoms with Crippen LogP contribution in [0.4, 0.5) is 0 Å². The number of fused-ring (bicyclic) bond motifs is 1. The molecule has 3 aromatic heterocycles. The molecule has 0 unspecified atom stereocenters. The van der Waals surface area contributed by atoms with Crippen LogP contribution in [0.1, 0.15) is 21.2 Å². The van der Waals surface area contributed by atoms with E-state index in [0.29, 0.717) is 12.2 Å². The minimum Gasteiger partial charge on any atom is -0.496 e. The van der Waals surface area contributed by atoms with Gasteiger partial charge in [-0.15, -0.1) is 22.7 Å². The third-order valence-electron chi connectivity index (χ3n) is 3.92. The summed E-state index contributed by atoms with van der Waals surface area (Å²) in [6.45, 7) is 2.36. The topological polar surface area (TPSA) is 68.5 Å². The zero-order chi connectivity index (χ0) is 18.1. The van der Waals surface area contributed by atoms with E-state index in [1.54, 1.807) is 18.4 Å². The number of para-hydroxylation sites is 1. The molecule has 3 heterocycles. The van der Waals surface area contributed by atoms with E-state index in [2.05, 4.69) is 15.3 Å². The van der Waals surface area contributed by atoms with Gasteiger partial charge in [-0.3, -0.25) is 9.20 Å². The summed E-state index contributed by atoms with van der Waals surface area (Å²) in [4.78, 5) is 22.3. The second kappa shape index (κ2) is 6.89. The Kier molecular flexibility index (Phi) is 4.44. The van der Waals surface area contributed by atoms with Crippen LogP contribution in [-0.2, 0) is 6.54 Å². The number of methoxy groups -OCH3 is 1. The van der Waals surface area contributed by atoms with Crippen molar-refractivity contribution in [2.45, 2.75) is 13.5 Å². The van der Waals surface area contributed by atoms with Gasteiger partial charge in [-0.1, -0.05) is 12.1 Å². The molecule has 0 saturated carbocycles. The van der Waals surface area contributed by atoms with Crippen molar-refractivity contribution >= 4 is 33.5 Å². The summed E-state index contributed by atoms with van der Waals surface area (Å²) in [5, 5.41) is 7.68. The van der Waals surface area contributed by atoms with Gasteiger partial charge in [0.15, 0.2) is 4.96 Å². The van der Waals surface area contributed by atoms with E-state index >= 15 is 0 Å². The van der Waals surface area contributed by atoms with Gasteiger partial charge in [0.25, 0.3) is 5.91 Å². The third-order valence-corrected chi connectivity index (χ3v) is 5.58. The highest BCUT2D eigenvalue weighted by Crippen LogP contribution is 2.30. The number of aryl methyl sites for hydroxylation is 1. The number of thiazole rings is 2. The minimum absolute atomic E-state index is 0.147. The normalized spacial score (nSPS) is 11.0. The van der Waals surface area contributed by atoms with Gasteiger partial charge < -0.3 is 10.1 Å². The van der Waals surface area contributed by atoms with Crippen LogP contribution in [0.15, 0.2) is 41.2 Å². The van der Waals surface area contributed by atoms with Crippen molar-refractivity contribution in [3.05, 3.63) is 57.6 Å². The second-order valence-corrected chi connectivity index (χ2v) is 7.54. The molecule has 4 aromatic rings. The van der Waals surface area contributed by atoms with Gasteiger partial charge >= 0.3 is 0 Å². The number of hydrogen-bond acceptors (Lipinski definition) is 6. The third kappa shape index (κ3) is 3.09. The zero-order valence-electron chi connectivity index (χ0n) is 14.2. The maximum atomic E-state index is 12.6. The number of nitrogens with zero attached hydrogens (tertiary/aromatic N) is 3. The first-order valence-corrected chi connectivity index (χ1v) is 9.71. The minimum atomic E-state index is -0.147. The molecule has 1 N–H and O–H groups in total. The van der Waals surface area contributed by atoms with Crippen molar-refractivity contribution in [2.75, 3.05) is 7.11 Å². The van der Waals surface area contributed by atoms with Crippen LogP contribution in [0.2, 0.25) is 0 Å². The van der Waals surface area contributed by atoms with Gasteiger partial charge in [0.2, 0.25) is 0 Å². The number of nitrogens with one attached hydrogen (secondary N) is 1. The Morgan fingerprint density at radius 3 is 2.85 bits per heavy atom. The molecule has 0 radical (unpaired) electrons. The van der Waals surface area contributed by atoms with E-state index in [1.807, 2.05) is 52.5 Å². The number of carbonyl (C=O) groups excluding carboxylic acids is 1. The number of ether oxygens (including phenoxy) is 1. The summed E-state index contributed by atoms with van der Waals surface area (Å²) in [6.07, 6.45) is 1.87. The lowest BCUT2D eigenvalue weighted by molar-refractivity contribution is 0.0945. The number of hydrogen-bond donors (Lipinski definition) is 1. The Morgan fingerprint density at radius 2 is 2.08 bits per heavy atom. The van der Waals surface area contributed by atoms with Crippen LogP contribution >= 0.6 is 22.7 Å². The zero-order valence-corrected chi connectivity index (χ0v) is 15.9. The highest BCUT2D eigenvalue weighted by atomic mass is 32.1. The van der Waals surface area contributed by atoms with Crippen LogP contribution in [0.25, 0.3) is 16.2 Å². The van der Waals surface area contributed by atoms with Crippen LogP contribution in [0.5, 0.6) is 5.75 Å². The van der Waals surface area contributed by atoms with Crippen molar-refractivity contribution in [3.8, 4) is 17.0 Å². The molecular weight excluding hydrogens is 368 g/mol. The Hall–Kier alpha value is -2.71. The average Bonchev–Trinajstić information content (AvgIpc) is 3.35. The predicted molar refractivity (Wildman–Crippen MR) is 103 cm³/mol. The molecule has 0 atom stereocenters. The van der Waals surface area contributed by atoms with Gasteiger partial charge in [0.05, 0.1) is 30.1 Å². The number of amides is 1. The van der Waals surface area contributed by atoms with Crippen molar-refractivity contribution in [1.82, 2.24) is 19.7 Å². The molecule has 4 rings (SSSR count). The lowest BCUT2D eigenvalue weighted by Crippen LogP contribution is -2.24. The SMILES string of the molecule is COc1ccccc1-c1cn2c(C(=O)NCc3csc(C)n3)csc2n1. The monoisotopic (exact) mass is 384 g/mol. The maximum Gasteiger partial charge on any atom is 0.269 e. The molecule has 0 aliphatic carbocycles. The van der Waals surface area contributed by atoms with Crippen LogP contribution in [0, 0.1) is 6.92 Å². The molecule has 0 aliphatic heterocycles. The lowest BCUT2D eigenvalue weighted by Gasteiger charge is -2.05. The van der Waals surface area contributed by atoms with Crippen molar-refractivity contribution < 1.29 is 9.53 Å². The first-order chi connectivity index (χ1) is 12.7. The molecule has 132 valence electrons. The number of imidazole rings is 1. The highest BCUT2D eigenvalue weighted by molar-refractivity contribution is 7.15. The summed E-state index contributed by atoms with van der Waals surface area (Å²) in [5.74, 6) is 0.606. The highest BCUT2D eigenvalue weighted by Gasteiger charge is 2.16. The Morgan fingerprint density at radius 1 is 1.23 bits per heavy atom. The molecule has 26 heavy (non-hydrogen) atoms. The molecule has 0 saturated heterocycles. The average molecular weight is 384 g/mol. The number of benzene rings is 1. The summed E-state index contributed by atoms with van der Waals surface area (Å²) < 4.78 is 7.22. The van der Waals surface area contributed by atoms with E-state index in [0.717, 1.165) is 32.7 Å². The summed E-state index contributed by atoms with van der Waals surface area (Å²) in [6, 6.07) is 7.70. The van der Waals surface area contributed by atoms with Gasteiger partial charge in [-0.05, 0) is 19.1 Å². The molecule has 0 bridgehead atoms. The van der Waals surface area contributed by atoms with E-state index in [1.165, 1.54) is 11.3 Å². The van der Waals surface area contributed by atoms with Gasteiger partial charge in [-0.2, -0.15) is 0 Å². The lowest BCUT2D eigenvalue weighted by atomic mass is 10.1. The Balaban J connectivity index is 1.60. The fourth-order valence-electron chi connectivity index (χ4n) is 2.68. The molecule has 0 fully saturated rings. The van der Waals surface area contributed by atoms with E-state index in [9.17, 15) is 4.79 Å². The van der Waals surface area contributed by atoms with Crippen molar-refractivity contribution in [2.24, 2.45) is 0 Å². The Bertz CT molecular complexity index is 1080. The maximum absolute atomic E-state index is 12.6. The molecular formula is C18H16N4O2S2. The first-order valence-electron chi connectivity index (χ1n) is 7.95. The first kappa shape index (κ1) is 16.7. The molecule has 0 spiro atoms. The quantitative estimate of drug-likeness (QED) is 0.569. The fraction of sp³-hybridized carbons (Fsp3) is 0.167. The van der Waals surface area contributed by atoms with Gasteiger partial charge in [-0.25, -0.2) is 9.97 Å². The molecule has 6 nitrogen and oxygen atoms in total. The van der Waals surface area contributed by atoms with Crippen LogP contribution < -0.4 is 10.1 Å².